The topological polar surface area (TPSA) is 50.7 Å². The van der Waals surface area contributed by atoms with Crippen molar-refractivity contribution in [2.45, 2.75) is 26.7 Å². The third-order valence-corrected chi connectivity index (χ3v) is 2.75. The Morgan fingerprint density at radius 2 is 1.87 bits per heavy atom. The number of nitrogens with zero attached hydrogens (tertiary/aromatic N) is 3. The predicted molar refractivity (Wildman–Crippen MR) is 62.4 cm³/mol. The summed E-state index contributed by atoms with van der Waals surface area (Å²) in [5.41, 5.74) is 0. The summed E-state index contributed by atoms with van der Waals surface area (Å²) in [6.45, 7) is 5.13. The van der Waals surface area contributed by atoms with E-state index in [1.807, 2.05) is 0 Å². The molecule has 0 aliphatic rings. The van der Waals surface area contributed by atoms with Crippen molar-refractivity contribution in [3.05, 3.63) is 10.4 Å². The van der Waals surface area contributed by atoms with Gasteiger partial charge in [-0.15, -0.1) is 10.2 Å². The monoisotopic (exact) mass is 248 g/mol. The van der Waals surface area contributed by atoms with Crippen molar-refractivity contribution in [1.29, 1.82) is 0 Å². The second-order valence-corrected chi connectivity index (χ2v) is 3.98. The molecule has 0 aliphatic carbocycles. The second kappa shape index (κ2) is 6.08. The Bertz CT molecular complexity index is 315. The summed E-state index contributed by atoms with van der Waals surface area (Å²) < 4.78 is 0. The van der Waals surface area contributed by atoms with E-state index >= 15 is 0 Å². The van der Waals surface area contributed by atoms with Crippen molar-refractivity contribution < 1.29 is 0 Å². The molecule has 0 fully saturated rings. The molecule has 84 valence electrons. The average Bonchev–Trinajstić information content (AvgIpc) is 2.24. The van der Waals surface area contributed by atoms with Crippen LogP contribution in [0.5, 0.6) is 0 Å². The smallest absolute Gasteiger partial charge is 0.245 e. The lowest BCUT2D eigenvalue weighted by Crippen LogP contribution is -2.14. The fraction of sp³-hybridized carbons (Fsp3) is 0.667. The van der Waals surface area contributed by atoms with Crippen molar-refractivity contribution in [2.75, 3.05) is 11.9 Å². The Kier molecular flexibility index (Phi) is 5.05. The van der Waals surface area contributed by atoms with E-state index in [0.29, 0.717) is 11.7 Å². The van der Waals surface area contributed by atoms with Gasteiger partial charge >= 0.3 is 0 Å². The fourth-order valence-electron chi connectivity index (χ4n) is 1.22. The Balaban J connectivity index is 2.60. The molecule has 15 heavy (non-hydrogen) atoms. The first-order chi connectivity index (χ1) is 7.17. The van der Waals surface area contributed by atoms with Crippen molar-refractivity contribution in [1.82, 2.24) is 15.2 Å². The summed E-state index contributed by atoms with van der Waals surface area (Å²) in [6.07, 6.45) is 2.24. The number of rotatable bonds is 5. The van der Waals surface area contributed by atoms with E-state index in [0.717, 1.165) is 19.4 Å². The van der Waals surface area contributed by atoms with E-state index in [4.69, 9.17) is 23.2 Å². The van der Waals surface area contributed by atoms with Crippen LogP contribution in [-0.4, -0.2) is 21.7 Å². The molecule has 0 saturated heterocycles. The van der Waals surface area contributed by atoms with E-state index in [9.17, 15) is 0 Å². The SMILES string of the molecule is CCC(CC)CNc1nc(Cl)nnc1Cl. The summed E-state index contributed by atoms with van der Waals surface area (Å²) in [4.78, 5) is 3.96. The average molecular weight is 249 g/mol. The van der Waals surface area contributed by atoms with Gasteiger partial charge in [0.05, 0.1) is 0 Å². The van der Waals surface area contributed by atoms with Gasteiger partial charge in [-0.25, -0.2) is 0 Å². The molecule has 0 radical (unpaired) electrons. The normalized spacial score (nSPS) is 10.7. The lowest BCUT2D eigenvalue weighted by atomic mass is 10.0. The van der Waals surface area contributed by atoms with Crippen LogP contribution in [0.3, 0.4) is 0 Å². The molecule has 4 nitrogen and oxygen atoms in total. The van der Waals surface area contributed by atoms with Gasteiger partial charge < -0.3 is 5.32 Å². The Morgan fingerprint density at radius 3 is 2.47 bits per heavy atom. The third kappa shape index (κ3) is 3.80. The van der Waals surface area contributed by atoms with E-state index < -0.39 is 0 Å². The van der Waals surface area contributed by atoms with Crippen molar-refractivity contribution >= 4 is 29.0 Å². The van der Waals surface area contributed by atoms with Crippen molar-refractivity contribution in [3.8, 4) is 0 Å². The minimum absolute atomic E-state index is 0.103. The Labute approximate surface area is 99.4 Å². The van der Waals surface area contributed by atoms with Crippen molar-refractivity contribution in [2.24, 2.45) is 5.92 Å². The van der Waals surface area contributed by atoms with E-state index in [2.05, 4.69) is 34.3 Å². The number of aromatic nitrogens is 3. The van der Waals surface area contributed by atoms with Crippen LogP contribution in [0.4, 0.5) is 5.82 Å². The van der Waals surface area contributed by atoms with E-state index in [-0.39, 0.29) is 10.4 Å². The molecule has 0 atom stereocenters. The number of anilines is 1. The molecule has 0 amide bonds. The van der Waals surface area contributed by atoms with Crippen LogP contribution in [0.2, 0.25) is 10.4 Å². The molecule has 0 aromatic carbocycles. The highest BCUT2D eigenvalue weighted by molar-refractivity contribution is 6.32. The van der Waals surface area contributed by atoms with Gasteiger partial charge in [0.25, 0.3) is 0 Å². The molecule has 0 unspecified atom stereocenters. The second-order valence-electron chi connectivity index (χ2n) is 3.28. The van der Waals surface area contributed by atoms with Crippen LogP contribution in [0.15, 0.2) is 0 Å². The fourth-order valence-corrected chi connectivity index (χ4v) is 1.49. The highest BCUT2D eigenvalue weighted by Crippen LogP contribution is 2.17. The Hall–Kier alpha value is -0.610. The molecule has 0 aliphatic heterocycles. The summed E-state index contributed by atoms with van der Waals surface area (Å²) in [5.74, 6) is 1.11. The van der Waals surface area contributed by atoms with Gasteiger partial charge in [0.1, 0.15) is 0 Å². The molecule has 1 rings (SSSR count). The first-order valence-electron chi connectivity index (χ1n) is 4.96. The molecule has 1 aromatic rings. The Morgan fingerprint density at radius 1 is 1.20 bits per heavy atom. The third-order valence-electron chi connectivity index (χ3n) is 2.33. The van der Waals surface area contributed by atoms with E-state index in [1.165, 1.54) is 0 Å². The van der Waals surface area contributed by atoms with Crippen LogP contribution in [0.25, 0.3) is 0 Å². The molecular formula is C9H14Cl2N4. The zero-order valence-electron chi connectivity index (χ0n) is 8.80. The number of nitrogens with one attached hydrogen (secondary N) is 1. The van der Waals surface area contributed by atoms with Gasteiger partial charge in [-0.1, -0.05) is 38.3 Å². The highest BCUT2D eigenvalue weighted by atomic mass is 35.5. The summed E-state index contributed by atoms with van der Waals surface area (Å²) in [6, 6.07) is 0. The number of hydrogen-bond donors (Lipinski definition) is 1. The summed E-state index contributed by atoms with van der Waals surface area (Å²) in [7, 11) is 0. The zero-order valence-corrected chi connectivity index (χ0v) is 10.3. The van der Waals surface area contributed by atoms with Crippen molar-refractivity contribution in [3.63, 3.8) is 0 Å². The predicted octanol–water partition coefficient (Wildman–Crippen LogP) is 3.03. The number of hydrogen-bond acceptors (Lipinski definition) is 4. The first-order valence-corrected chi connectivity index (χ1v) is 5.72. The first kappa shape index (κ1) is 12.5. The molecule has 6 heteroatoms. The molecular weight excluding hydrogens is 235 g/mol. The lowest BCUT2D eigenvalue weighted by Gasteiger charge is -2.13. The molecule has 1 heterocycles. The minimum Gasteiger partial charge on any atom is -0.367 e. The number of halogens is 2. The molecule has 0 spiro atoms. The van der Waals surface area contributed by atoms with Gasteiger partial charge in [0.2, 0.25) is 5.28 Å². The van der Waals surface area contributed by atoms with Gasteiger partial charge in [-0.05, 0) is 17.5 Å². The van der Waals surface area contributed by atoms with Crippen LogP contribution >= 0.6 is 23.2 Å². The van der Waals surface area contributed by atoms with Gasteiger partial charge in [-0.2, -0.15) is 4.98 Å². The molecule has 1 aromatic heterocycles. The standard InChI is InChI=1S/C9H14Cl2N4/c1-3-6(4-2)5-12-8-7(10)14-15-9(11)13-8/h6H,3-5H2,1-2H3,(H,12,13,15). The summed E-state index contributed by atoms with van der Waals surface area (Å²) >= 11 is 11.4. The van der Waals surface area contributed by atoms with Gasteiger partial charge in [0.15, 0.2) is 11.0 Å². The van der Waals surface area contributed by atoms with Crippen LogP contribution < -0.4 is 5.32 Å². The van der Waals surface area contributed by atoms with Gasteiger partial charge in [0, 0.05) is 6.54 Å². The lowest BCUT2D eigenvalue weighted by molar-refractivity contribution is 0.518. The minimum atomic E-state index is 0.103. The highest BCUT2D eigenvalue weighted by Gasteiger charge is 2.08. The zero-order chi connectivity index (χ0) is 11.3. The molecule has 0 bridgehead atoms. The van der Waals surface area contributed by atoms with Crippen LogP contribution in [-0.2, 0) is 0 Å². The van der Waals surface area contributed by atoms with E-state index in [1.54, 1.807) is 0 Å². The maximum Gasteiger partial charge on any atom is 0.245 e. The maximum absolute atomic E-state index is 5.81. The van der Waals surface area contributed by atoms with Crippen LogP contribution in [0, 0.1) is 5.92 Å². The van der Waals surface area contributed by atoms with Crippen LogP contribution in [0.1, 0.15) is 26.7 Å². The van der Waals surface area contributed by atoms with Gasteiger partial charge in [-0.3, -0.25) is 0 Å². The summed E-state index contributed by atoms with van der Waals surface area (Å²) in [5, 5.41) is 10.7. The quantitative estimate of drug-likeness (QED) is 0.871. The maximum atomic E-state index is 5.81. The molecule has 0 saturated carbocycles. The molecule has 1 N–H and O–H groups in total. The largest absolute Gasteiger partial charge is 0.367 e.